The summed E-state index contributed by atoms with van der Waals surface area (Å²) in [6.07, 6.45) is 30.6. The van der Waals surface area contributed by atoms with Crippen molar-refractivity contribution >= 4 is 0 Å². The molecule has 0 rings (SSSR count). The SMILES string of the molecule is C=C(CCN)N(CCCCCCCCC)CCCCCCCCCCCCCCCC. The molecule has 0 spiro atoms. The predicted octanol–water partition coefficient (Wildman–Crippen LogP) is 9.38. The van der Waals surface area contributed by atoms with E-state index in [4.69, 9.17) is 5.73 Å². The van der Waals surface area contributed by atoms with Crippen LogP contribution in [-0.2, 0) is 0 Å². The van der Waals surface area contributed by atoms with Gasteiger partial charge in [0, 0.05) is 18.8 Å². The first kappa shape index (κ1) is 30.5. The molecule has 0 saturated heterocycles. The zero-order chi connectivity index (χ0) is 22.8. The van der Waals surface area contributed by atoms with Crippen LogP contribution in [-0.4, -0.2) is 24.5 Å². The van der Waals surface area contributed by atoms with E-state index in [0.29, 0.717) is 0 Å². The summed E-state index contributed by atoms with van der Waals surface area (Å²) in [5.74, 6) is 0. The molecule has 0 saturated carbocycles. The third-order valence-electron chi connectivity index (χ3n) is 6.69. The third kappa shape index (κ3) is 22.5. The Bertz CT molecular complexity index is 353. The fraction of sp³-hybridized carbons (Fsp3) is 0.931. The van der Waals surface area contributed by atoms with Crippen molar-refractivity contribution in [2.75, 3.05) is 19.6 Å². The van der Waals surface area contributed by atoms with Gasteiger partial charge in [0.25, 0.3) is 0 Å². The molecule has 0 amide bonds. The van der Waals surface area contributed by atoms with Gasteiger partial charge in [-0.2, -0.15) is 0 Å². The lowest BCUT2D eigenvalue weighted by molar-refractivity contribution is 0.314. The Balaban J connectivity index is 3.62. The van der Waals surface area contributed by atoms with Gasteiger partial charge in [-0.05, 0) is 25.8 Å². The Hall–Kier alpha value is -0.500. The Morgan fingerprint density at radius 1 is 0.516 bits per heavy atom. The highest BCUT2D eigenvalue weighted by Gasteiger charge is 2.07. The minimum absolute atomic E-state index is 0.727. The Kier molecular flexibility index (Phi) is 25.3. The maximum Gasteiger partial charge on any atom is 0.0174 e. The Morgan fingerprint density at radius 3 is 1.10 bits per heavy atom. The van der Waals surface area contributed by atoms with Crippen molar-refractivity contribution < 1.29 is 0 Å². The van der Waals surface area contributed by atoms with E-state index < -0.39 is 0 Å². The molecule has 2 heteroatoms. The van der Waals surface area contributed by atoms with Crippen LogP contribution in [0.5, 0.6) is 0 Å². The number of nitrogens with zero attached hydrogens (tertiary/aromatic N) is 1. The van der Waals surface area contributed by atoms with Crippen molar-refractivity contribution in [3.63, 3.8) is 0 Å². The van der Waals surface area contributed by atoms with Gasteiger partial charge in [0.2, 0.25) is 0 Å². The third-order valence-corrected chi connectivity index (χ3v) is 6.69. The molecule has 0 bridgehead atoms. The van der Waals surface area contributed by atoms with Crippen LogP contribution in [0.1, 0.15) is 155 Å². The Labute approximate surface area is 197 Å². The molecule has 186 valence electrons. The second-order valence-electron chi connectivity index (χ2n) is 9.81. The fourth-order valence-corrected chi connectivity index (χ4v) is 4.51. The quantitative estimate of drug-likeness (QED) is 0.137. The van der Waals surface area contributed by atoms with Crippen LogP contribution in [0.2, 0.25) is 0 Å². The second-order valence-corrected chi connectivity index (χ2v) is 9.81. The summed E-state index contributed by atoms with van der Waals surface area (Å²) in [7, 11) is 0. The van der Waals surface area contributed by atoms with Crippen LogP contribution in [0.3, 0.4) is 0 Å². The molecule has 0 atom stereocenters. The van der Waals surface area contributed by atoms with Crippen LogP contribution < -0.4 is 5.73 Å². The van der Waals surface area contributed by atoms with Crippen molar-refractivity contribution in [1.29, 1.82) is 0 Å². The lowest BCUT2D eigenvalue weighted by Gasteiger charge is -2.27. The molecule has 0 aliphatic heterocycles. The maximum atomic E-state index is 5.78. The van der Waals surface area contributed by atoms with Crippen LogP contribution >= 0.6 is 0 Å². The monoisotopic (exact) mass is 436 g/mol. The topological polar surface area (TPSA) is 29.3 Å². The van der Waals surface area contributed by atoms with E-state index in [1.807, 2.05) is 0 Å². The van der Waals surface area contributed by atoms with E-state index >= 15 is 0 Å². The van der Waals surface area contributed by atoms with Crippen LogP contribution in [0.25, 0.3) is 0 Å². The molecule has 0 aromatic carbocycles. The number of hydrogen-bond donors (Lipinski definition) is 1. The molecule has 0 unspecified atom stereocenters. The summed E-state index contributed by atoms with van der Waals surface area (Å²) in [5.41, 5.74) is 7.05. The van der Waals surface area contributed by atoms with Gasteiger partial charge in [0.1, 0.15) is 0 Å². The highest BCUT2D eigenvalue weighted by atomic mass is 15.1. The van der Waals surface area contributed by atoms with Crippen LogP contribution in [0.15, 0.2) is 12.3 Å². The van der Waals surface area contributed by atoms with Crippen LogP contribution in [0, 0.1) is 0 Å². The fourth-order valence-electron chi connectivity index (χ4n) is 4.51. The van der Waals surface area contributed by atoms with Gasteiger partial charge in [-0.3, -0.25) is 0 Å². The van der Waals surface area contributed by atoms with Gasteiger partial charge in [0.15, 0.2) is 0 Å². The van der Waals surface area contributed by atoms with E-state index in [-0.39, 0.29) is 0 Å². The standard InChI is InChI=1S/C29H60N2/c1-4-6-8-10-12-13-14-15-16-17-18-20-22-24-28-31(29(3)25-26-30)27-23-21-19-11-9-7-5-2/h3-28,30H2,1-2H3. The minimum atomic E-state index is 0.727. The van der Waals surface area contributed by atoms with Crippen molar-refractivity contribution in [3.05, 3.63) is 12.3 Å². The molecule has 0 fully saturated rings. The molecule has 2 nitrogen and oxygen atoms in total. The number of unbranched alkanes of at least 4 members (excludes halogenated alkanes) is 19. The van der Waals surface area contributed by atoms with Crippen LogP contribution in [0.4, 0.5) is 0 Å². The van der Waals surface area contributed by atoms with E-state index in [1.165, 1.54) is 154 Å². The van der Waals surface area contributed by atoms with E-state index in [2.05, 4.69) is 25.3 Å². The molecule has 0 aromatic heterocycles. The first-order valence-corrected chi connectivity index (χ1v) is 14.4. The zero-order valence-corrected chi connectivity index (χ0v) is 21.9. The molecular formula is C29H60N2. The lowest BCUT2D eigenvalue weighted by atomic mass is 10.0. The average molecular weight is 437 g/mol. The van der Waals surface area contributed by atoms with Gasteiger partial charge in [-0.15, -0.1) is 0 Å². The van der Waals surface area contributed by atoms with E-state index in [1.54, 1.807) is 0 Å². The molecule has 0 aliphatic rings. The van der Waals surface area contributed by atoms with Gasteiger partial charge in [0.05, 0.1) is 0 Å². The molecular weight excluding hydrogens is 376 g/mol. The largest absolute Gasteiger partial charge is 0.375 e. The highest BCUT2D eigenvalue weighted by molar-refractivity contribution is 4.94. The average Bonchev–Trinajstić information content (AvgIpc) is 2.77. The van der Waals surface area contributed by atoms with E-state index in [0.717, 1.165) is 13.0 Å². The predicted molar refractivity (Wildman–Crippen MR) is 143 cm³/mol. The summed E-state index contributed by atoms with van der Waals surface area (Å²) in [6.45, 7) is 12.0. The summed E-state index contributed by atoms with van der Waals surface area (Å²) in [5, 5.41) is 0. The lowest BCUT2D eigenvalue weighted by Crippen LogP contribution is -2.26. The maximum absolute atomic E-state index is 5.78. The molecule has 0 aliphatic carbocycles. The molecule has 0 aromatic rings. The molecule has 0 heterocycles. The second kappa shape index (κ2) is 25.8. The van der Waals surface area contributed by atoms with Crippen molar-refractivity contribution in [2.24, 2.45) is 5.73 Å². The minimum Gasteiger partial charge on any atom is -0.375 e. The first-order chi connectivity index (χ1) is 15.3. The number of nitrogens with two attached hydrogens (primary N) is 1. The molecule has 31 heavy (non-hydrogen) atoms. The highest BCUT2D eigenvalue weighted by Crippen LogP contribution is 2.15. The van der Waals surface area contributed by atoms with Gasteiger partial charge in [-0.25, -0.2) is 0 Å². The smallest absolute Gasteiger partial charge is 0.0174 e. The first-order valence-electron chi connectivity index (χ1n) is 14.4. The van der Waals surface area contributed by atoms with Gasteiger partial charge < -0.3 is 10.6 Å². The summed E-state index contributed by atoms with van der Waals surface area (Å²) >= 11 is 0. The van der Waals surface area contributed by atoms with Gasteiger partial charge >= 0.3 is 0 Å². The summed E-state index contributed by atoms with van der Waals surface area (Å²) in [4.78, 5) is 2.54. The van der Waals surface area contributed by atoms with Crippen molar-refractivity contribution in [1.82, 2.24) is 4.90 Å². The molecule has 0 radical (unpaired) electrons. The normalized spacial score (nSPS) is 11.2. The van der Waals surface area contributed by atoms with E-state index in [9.17, 15) is 0 Å². The molecule has 2 N–H and O–H groups in total. The summed E-state index contributed by atoms with van der Waals surface area (Å²) < 4.78 is 0. The summed E-state index contributed by atoms with van der Waals surface area (Å²) in [6, 6.07) is 0. The number of rotatable bonds is 26. The van der Waals surface area contributed by atoms with Gasteiger partial charge in [-0.1, -0.05) is 142 Å². The zero-order valence-electron chi connectivity index (χ0n) is 21.9. The van der Waals surface area contributed by atoms with Crippen molar-refractivity contribution in [3.8, 4) is 0 Å². The number of hydrogen-bond acceptors (Lipinski definition) is 2. The van der Waals surface area contributed by atoms with Crippen molar-refractivity contribution in [2.45, 2.75) is 155 Å². The Morgan fingerprint density at radius 2 is 0.806 bits per heavy atom.